The summed E-state index contributed by atoms with van der Waals surface area (Å²) in [6.07, 6.45) is 0. The highest BCUT2D eigenvalue weighted by molar-refractivity contribution is 5.94. The number of benzene rings is 5. The predicted octanol–water partition coefficient (Wildman–Crippen LogP) is 8.01. The summed E-state index contributed by atoms with van der Waals surface area (Å²) in [6.45, 7) is 0. The van der Waals surface area contributed by atoms with Gasteiger partial charge in [0.1, 0.15) is 0 Å². The molecule has 0 aliphatic carbocycles. The number of rotatable bonds is 5. The third-order valence-corrected chi connectivity index (χ3v) is 5.67. The van der Waals surface area contributed by atoms with Crippen molar-refractivity contribution < 1.29 is 0 Å². The highest BCUT2D eigenvalue weighted by Crippen LogP contribution is 2.40. The maximum Gasteiger partial charge on any atom is 0.0618 e. The topological polar surface area (TPSA) is 38.0 Å². The fourth-order valence-electron chi connectivity index (χ4n) is 4.00. The lowest BCUT2D eigenvalue weighted by atomic mass is 9.94. The number of para-hydroxylation sites is 3. The molecule has 0 aromatic heterocycles. The molecule has 0 heterocycles. The van der Waals surface area contributed by atoms with Crippen molar-refractivity contribution >= 4 is 17.1 Å². The quantitative estimate of drug-likeness (QED) is 0.287. The van der Waals surface area contributed by atoms with Gasteiger partial charge < -0.3 is 11.1 Å². The maximum absolute atomic E-state index is 6.27. The molecule has 154 valence electrons. The van der Waals surface area contributed by atoms with E-state index in [-0.39, 0.29) is 0 Å². The van der Waals surface area contributed by atoms with Crippen LogP contribution < -0.4 is 11.1 Å². The first-order chi connectivity index (χ1) is 15.8. The van der Waals surface area contributed by atoms with Gasteiger partial charge in [-0.25, -0.2) is 0 Å². The van der Waals surface area contributed by atoms with E-state index in [2.05, 4.69) is 96.3 Å². The van der Waals surface area contributed by atoms with E-state index in [9.17, 15) is 0 Å². The van der Waals surface area contributed by atoms with Crippen molar-refractivity contribution in [2.45, 2.75) is 0 Å². The Morgan fingerprint density at radius 3 is 1.50 bits per heavy atom. The molecule has 32 heavy (non-hydrogen) atoms. The summed E-state index contributed by atoms with van der Waals surface area (Å²) in [6, 6.07) is 43.9. The second-order valence-corrected chi connectivity index (χ2v) is 7.75. The molecule has 0 fully saturated rings. The van der Waals surface area contributed by atoms with Gasteiger partial charge in [0.2, 0.25) is 0 Å². The van der Waals surface area contributed by atoms with Gasteiger partial charge in [-0.1, -0.05) is 115 Å². The Morgan fingerprint density at radius 1 is 0.406 bits per heavy atom. The molecule has 0 bridgehead atoms. The summed E-state index contributed by atoms with van der Waals surface area (Å²) >= 11 is 0. The third-order valence-electron chi connectivity index (χ3n) is 5.67. The molecule has 2 heteroatoms. The average Bonchev–Trinajstić information content (AvgIpc) is 2.87. The van der Waals surface area contributed by atoms with Gasteiger partial charge in [-0.05, 0) is 34.4 Å². The van der Waals surface area contributed by atoms with Gasteiger partial charge in [-0.15, -0.1) is 0 Å². The van der Waals surface area contributed by atoms with E-state index in [4.69, 9.17) is 5.73 Å². The molecule has 5 rings (SSSR count). The van der Waals surface area contributed by atoms with Gasteiger partial charge >= 0.3 is 0 Å². The van der Waals surface area contributed by atoms with Crippen molar-refractivity contribution in [1.82, 2.24) is 0 Å². The lowest BCUT2D eigenvalue weighted by Gasteiger charge is -2.19. The summed E-state index contributed by atoms with van der Waals surface area (Å²) in [5, 5.41) is 3.63. The van der Waals surface area contributed by atoms with Crippen LogP contribution in [0.3, 0.4) is 0 Å². The Hall–Kier alpha value is -4.30. The van der Waals surface area contributed by atoms with Gasteiger partial charge in [-0.3, -0.25) is 0 Å². The minimum Gasteiger partial charge on any atom is -0.397 e. The fourth-order valence-corrected chi connectivity index (χ4v) is 4.00. The molecule has 0 atom stereocenters. The van der Waals surface area contributed by atoms with E-state index in [1.807, 2.05) is 36.4 Å². The largest absolute Gasteiger partial charge is 0.397 e. The molecule has 5 aromatic carbocycles. The van der Waals surface area contributed by atoms with Crippen LogP contribution in [-0.2, 0) is 0 Å². The molecule has 0 radical (unpaired) electrons. The Balaban J connectivity index is 1.63. The SMILES string of the molecule is Nc1ccccc1Nc1c(-c2ccccc2)cccc1-c1ccc(-c2ccccc2)cc1. The number of hydrogen-bond acceptors (Lipinski definition) is 2. The molecule has 0 saturated carbocycles. The van der Waals surface area contributed by atoms with Gasteiger partial charge in [0, 0.05) is 11.1 Å². The predicted molar refractivity (Wildman–Crippen MR) is 137 cm³/mol. The van der Waals surface area contributed by atoms with Crippen LogP contribution in [0.25, 0.3) is 33.4 Å². The summed E-state index contributed by atoms with van der Waals surface area (Å²) in [4.78, 5) is 0. The Labute approximate surface area is 189 Å². The van der Waals surface area contributed by atoms with Gasteiger partial charge in [-0.2, -0.15) is 0 Å². The number of anilines is 3. The molecule has 3 N–H and O–H groups in total. The van der Waals surface area contributed by atoms with Crippen LogP contribution in [0.15, 0.2) is 127 Å². The summed E-state index contributed by atoms with van der Waals surface area (Å²) in [7, 11) is 0. The smallest absolute Gasteiger partial charge is 0.0618 e. The van der Waals surface area contributed by atoms with Crippen molar-refractivity contribution in [3.8, 4) is 33.4 Å². The minimum atomic E-state index is 0.723. The summed E-state index contributed by atoms with van der Waals surface area (Å²) in [5.41, 5.74) is 15.9. The van der Waals surface area contributed by atoms with E-state index in [0.29, 0.717) is 0 Å². The molecule has 2 nitrogen and oxygen atoms in total. The minimum absolute atomic E-state index is 0.723. The van der Waals surface area contributed by atoms with Crippen LogP contribution in [-0.4, -0.2) is 0 Å². The van der Waals surface area contributed by atoms with Crippen LogP contribution in [0.4, 0.5) is 17.1 Å². The molecule has 0 spiro atoms. The number of nitrogens with two attached hydrogens (primary N) is 1. The van der Waals surface area contributed by atoms with E-state index in [0.717, 1.165) is 39.3 Å². The molecule has 5 aromatic rings. The fraction of sp³-hybridized carbons (Fsp3) is 0. The van der Waals surface area contributed by atoms with E-state index in [1.54, 1.807) is 0 Å². The van der Waals surface area contributed by atoms with Crippen LogP contribution in [0.5, 0.6) is 0 Å². The van der Waals surface area contributed by atoms with Crippen molar-refractivity contribution in [2.75, 3.05) is 11.1 Å². The zero-order valence-corrected chi connectivity index (χ0v) is 17.7. The normalized spacial score (nSPS) is 10.6. The number of nitrogen functional groups attached to an aromatic ring is 1. The van der Waals surface area contributed by atoms with E-state index >= 15 is 0 Å². The van der Waals surface area contributed by atoms with Crippen molar-refractivity contribution in [3.63, 3.8) is 0 Å². The molecule has 0 saturated heterocycles. The first-order valence-electron chi connectivity index (χ1n) is 10.8. The molecular formula is C30H24N2. The molecule has 0 amide bonds. The van der Waals surface area contributed by atoms with E-state index in [1.165, 1.54) is 11.1 Å². The first-order valence-corrected chi connectivity index (χ1v) is 10.8. The van der Waals surface area contributed by atoms with Crippen molar-refractivity contribution in [3.05, 3.63) is 127 Å². The Bertz CT molecular complexity index is 1320. The number of hydrogen-bond donors (Lipinski definition) is 2. The first kappa shape index (κ1) is 19.7. The van der Waals surface area contributed by atoms with Crippen LogP contribution in [0.2, 0.25) is 0 Å². The maximum atomic E-state index is 6.27. The second-order valence-electron chi connectivity index (χ2n) is 7.75. The summed E-state index contributed by atoms with van der Waals surface area (Å²) in [5.74, 6) is 0. The second kappa shape index (κ2) is 8.83. The van der Waals surface area contributed by atoms with Gasteiger partial charge in [0.25, 0.3) is 0 Å². The molecule has 0 aliphatic rings. The van der Waals surface area contributed by atoms with Crippen molar-refractivity contribution in [2.24, 2.45) is 0 Å². The molecule has 0 aliphatic heterocycles. The van der Waals surface area contributed by atoms with Crippen LogP contribution >= 0.6 is 0 Å². The zero-order valence-electron chi connectivity index (χ0n) is 17.7. The Morgan fingerprint density at radius 2 is 0.875 bits per heavy atom. The zero-order chi connectivity index (χ0) is 21.8. The lowest BCUT2D eigenvalue weighted by molar-refractivity contribution is 1.51. The number of nitrogens with one attached hydrogen (secondary N) is 1. The standard InChI is InChI=1S/C30H24N2/c31-28-16-7-8-17-29(28)32-30-26(24-12-5-2-6-13-24)14-9-15-27(30)25-20-18-23(19-21-25)22-10-3-1-4-11-22/h1-21,32H,31H2. The van der Waals surface area contributed by atoms with Crippen LogP contribution in [0.1, 0.15) is 0 Å². The van der Waals surface area contributed by atoms with Gasteiger partial charge in [0.05, 0.1) is 17.1 Å². The molecular weight excluding hydrogens is 388 g/mol. The monoisotopic (exact) mass is 412 g/mol. The Kier molecular flexibility index (Phi) is 5.42. The average molecular weight is 413 g/mol. The lowest BCUT2D eigenvalue weighted by Crippen LogP contribution is -2.00. The summed E-state index contributed by atoms with van der Waals surface area (Å²) < 4.78 is 0. The highest BCUT2D eigenvalue weighted by atomic mass is 14.9. The highest BCUT2D eigenvalue weighted by Gasteiger charge is 2.13. The van der Waals surface area contributed by atoms with E-state index < -0.39 is 0 Å². The van der Waals surface area contributed by atoms with Crippen molar-refractivity contribution in [1.29, 1.82) is 0 Å². The molecule has 0 unspecified atom stereocenters. The van der Waals surface area contributed by atoms with Crippen LogP contribution in [0, 0.1) is 0 Å². The van der Waals surface area contributed by atoms with Gasteiger partial charge in [0.15, 0.2) is 0 Å². The third kappa shape index (κ3) is 3.99.